The Morgan fingerprint density at radius 2 is 1.95 bits per heavy atom. The molecule has 0 saturated heterocycles. The summed E-state index contributed by atoms with van der Waals surface area (Å²) < 4.78 is 0. The fraction of sp³-hybridized carbons (Fsp3) is 0.368. The molecule has 3 nitrogen and oxygen atoms in total. The normalized spacial score (nSPS) is 22.2. The van der Waals surface area contributed by atoms with Crippen LogP contribution in [-0.4, -0.2) is 10.9 Å². The van der Waals surface area contributed by atoms with Gasteiger partial charge in [0.05, 0.1) is 17.1 Å². The predicted molar refractivity (Wildman–Crippen MR) is 90.6 cm³/mol. The number of carbonyl (C=O) groups is 1. The SMILES string of the molecule is CC(C)=C[C@H]1[C@H](C(=O)Nc2cccc3cccnc23)C1(C)C. The highest BCUT2D eigenvalue weighted by Gasteiger charge is 2.60. The number of aromatic nitrogens is 1. The highest BCUT2D eigenvalue weighted by atomic mass is 16.2. The van der Waals surface area contributed by atoms with E-state index in [1.165, 1.54) is 5.57 Å². The number of nitrogens with zero attached hydrogens (tertiary/aromatic N) is 1. The molecule has 1 aromatic heterocycles. The van der Waals surface area contributed by atoms with Crippen LogP contribution in [0.5, 0.6) is 0 Å². The third-order valence-electron chi connectivity index (χ3n) is 4.60. The van der Waals surface area contributed by atoms with E-state index in [0.29, 0.717) is 5.92 Å². The van der Waals surface area contributed by atoms with E-state index in [4.69, 9.17) is 0 Å². The molecule has 1 heterocycles. The standard InChI is InChI=1S/C19H22N2O/c1-12(2)11-14-16(19(14,3)4)18(22)21-15-9-5-7-13-8-6-10-20-17(13)15/h5-11,14,16H,1-4H3,(H,21,22)/t14-,16+/m0/s1. The van der Waals surface area contributed by atoms with Crippen LogP contribution in [0.4, 0.5) is 5.69 Å². The van der Waals surface area contributed by atoms with Gasteiger partial charge in [0, 0.05) is 11.6 Å². The number of amides is 1. The molecule has 1 amide bonds. The quantitative estimate of drug-likeness (QED) is 0.852. The van der Waals surface area contributed by atoms with Crippen LogP contribution in [0, 0.1) is 17.3 Å². The van der Waals surface area contributed by atoms with E-state index in [1.807, 2.05) is 30.3 Å². The highest BCUT2D eigenvalue weighted by Crippen LogP contribution is 2.59. The van der Waals surface area contributed by atoms with Crippen LogP contribution in [0.1, 0.15) is 27.7 Å². The van der Waals surface area contributed by atoms with Gasteiger partial charge in [0.2, 0.25) is 5.91 Å². The second-order valence-electron chi connectivity index (χ2n) is 6.94. The Kier molecular flexibility index (Phi) is 3.51. The Morgan fingerprint density at radius 1 is 1.23 bits per heavy atom. The minimum atomic E-state index is 0.0271. The van der Waals surface area contributed by atoms with Crippen LogP contribution in [0.2, 0.25) is 0 Å². The van der Waals surface area contributed by atoms with Crippen LogP contribution in [0.15, 0.2) is 48.2 Å². The molecule has 1 fully saturated rings. The number of para-hydroxylation sites is 1. The van der Waals surface area contributed by atoms with E-state index < -0.39 is 0 Å². The summed E-state index contributed by atoms with van der Waals surface area (Å²) in [6, 6.07) is 9.78. The molecular formula is C19H22N2O. The fourth-order valence-electron chi connectivity index (χ4n) is 3.26. The number of fused-ring (bicyclic) bond motifs is 1. The lowest BCUT2D eigenvalue weighted by Crippen LogP contribution is -2.17. The topological polar surface area (TPSA) is 42.0 Å². The summed E-state index contributed by atoms with van der Waals surface area (Å²) in [6.07, 6.45) is 3.97. The molecule has 1 saturated carbocycles. The molecule has 22 heavy (non-hydrogen) atoms. The van der Waals surface area contributed by atoms with Gasteiger partial charge in [-0.05, 0) is 37.3 Å². The smallest absolute Gasteiger partial charge is 0.228 e. The van der Waals surface area contributed by atoms with Gasteiger partial charge in [-0.25, -0.2) is 0 Å². The lowest BCUT2D eigenvalue weighted by molar-refractivity contribution is -0.118. The van der Waals surface area contributed by atoms with Crippen molar-refractivity contribution in [2.45, 2.75) is 27.7 Å². The van der Waals surface area contributed by atoms with Crippen LogP contribution < -0.4 is 5.32 Å². The number of hydrogen-bond donors (Lipinski definition) is 1. The number of pyridine rings is 1. The third-order valence-corrected chi connectivity index (χ3v) is 4.60. The maximum Gasteiger partial charge on any atom is 0.228 e. The lowest BCUT2D eigenvalue weighted by Gasteiger charge is -2.08. The molecule has 2 atom stereocenters. The lowest BCUT2D eigenvalue weighted by atomic mass is 10.1. The average molecular weight is 294 g/mol. The van der Waals surface area contributed by atoms with Crippen LogP contribution >= 0.6 is 0 Å². The summed E-state index contributed by atoms with van der Waals surface area (Å²) in [5.74, 6) is 0.437. The molecule has 1 aliphatic carbocycles. The first-order valence-corrected chi connectivity index (χ1v) is 7.71. The van der Waals surface area contributed by atoms with E-state index >= 15 is 0 Å². The average Bonchev–Trinajstić information content (AvgIpc) is 2.99. The van der Waals surface area contributed by atoms with Crippen molar-refractivity contribution in [2.24, 2.45) is 17.3 Å². The molecule has 3 heteroatoms. The van der Waals surface area contributed by atoms with E-state index in [1.54, 1.807) is 6.20 Å². The van der Waals surface area contributed by atoms with Gasteiger partial charge in [0.1, 0.15) is 0 Å². The van der Waals surface area contributed by atoms with Gasteiger partial charge in [0.15, 0.2) is 0 Å². The van der Waals surface area contributed by atoms with Gasteiger partial charge >= 0.3 is 0 Å². The number of allylic oxidation sites excluding steroid dienone is 2. The minimum absolute atomic E-state index is 0.0271. The first kappa shape index (κ1) is 14.8. The van der Waals surface area contributed by atoms with E-state index in [2.05, 4.69) is 44.1 Å². The summed E-state index contributed by atoms with van der Waals surface area (Å²) in [4.78, 5) is 17.0. The molecular weight excluding hydrogens is 272 g/mol. The van der Waals surface area contributed by atoms with E-state index in [0.717, 1.165) is 16.6 Å². The highest BCUT2D eigenvalue weighted by molar-refractivity contribution is 6.02. The van der Waals surface area contributed by atoms with Gasteiger partial charge in [-0.1, -0.05) is 43.7 Å². The van der Waals surface area contributed by atoms with Crippen molar-refractivity contribution in [1.29, 1.82) is 0 Å². The summed E-state index contributed by atoms with van der Waals surface area (Å²) in [7, 11) is 0. The Balaban J connectivity index is 1.84. The molecule has 1 aromatic carbocycles. The van der Waals surface area contributed by atoms with E-state index in [-0.39, 0.29) is 17.2 Å². The number of hydrogen-bond acceptors (Lipinski definition) is 2. The monoisotopic (exact) mass is 294 g/mol. The fourth-order valence-corrected chi connectivity index (χ4v) is 3.26. The van der Waals surface area contributed by atoms with Crippen molar-refractivity contribution >= 4 is 22.5 Å². The molecule has 0 aliphatic heterocycles. The van der Waals surface area contributed by atoms with Gasteiger partial charge in [-0.15, -0.1) is 0 Å². The van der Waals surface area contributed by atoms with Crippen LogP contribution in [0.3, 0.4) is 0 Å². The van der Waals surface area contributed by atoms with Crippen molar-refractivity contribution in [3.8, 4) is 0 Å². The molecule has 3 rings (SSSR count). The molecule has 2 aromatic rings. The Labute approximate surface area is 131 Å². The largest absolute Gasteiger partial charge is 0.324 e. The number of rotatable bonds is 3. The van der Waals surface area contributed by atoms with Gasteiger partial charge < -0.3 is 5.32 Å². The molecule has 1 aliphatic rings. The van der Waals surface area contributed by atoms with Crippen molar-refractivity contribution in [2.75, 3.05) is 5.32 Å². The van der Waals surface area contributed by atoms with Crippen molar-refractivity contribution in [1.82, 2.24) is 4.98 Å². The molecule has 114 valence electrons. The van der Waals surface area contributed by atoms with Gasteiger partial charge in [0.25, 0.3) is 0 Å². The zero-order valence-corrected chi connectivity index (χ0v) is 13.6. The second kappa shape index (κ2) is 5.24. The molecule has 1 N–H and O–H groups in total. The Morgan fingerprint density at radius 3 is 2.68 bits per heavy atom. The van der Waals surface area contributed by atoms with Crippen molar-refractivity contribution < 1.29 is 4.79 Å². The van der Waals surface area contributed by atoms with Crippen LogP contribution in [-0.2, 0) is 4.79 Å². The molecule has 0 unspecified atom stereocenters. The first-order valence-electron chi connectivity index (χ1n) is 7.71. The zero-order chi connectivity index (χ0) is 15.9. The van der Waals surface area contributed by atoms with Crippen molar-refractivity contribution in [3.05, 3.63) is 48.2 Å². The Bertz CT molecular complexity index is 752. The number of carbonyl (C=O) groups excluding carboxylic acids is 1. The predicted octanol–water partition coefficient (Wildman–Crippen LogP) is 4.41. The number of anilines is 1. The number of benzene rings is 1. The van der Waals surface area contributed by atoms with Gasteiger partial charge in [-0.3, -0.25) is 9.78 Å². The zero-order valence-electron chi connectivity index (χ0n) is 13.6. The maximum atomic E-state index is 12.7. The first-order chi connectivity index (χ1) is 10.4. The summed E-state index contributed by atoms with van der Waals surface area (Å²) in [5, 5.41) is 4.11. The summed E-state index contributed by atoms with van der Waals surface area (Å²) in [5.41, 5.74) is 2.93. The van der Waals surface area contributed by atoms with E-state index in [9.17, 15) is 4.79 Å². The second-order valence-corrected chi connectivity index (χ2v) is 6.94. The summed E-state index contributed by atoms with van der Waals surface area (Å²) >= 11 is 0. The van der Waals surface area contributed by atoms with Gasteiger partial charge in [-0.2, -0.15) is 0 Å². The molecule has 0 bridgehead atoms. The number of nitrogens with one attached hydrogen (secondary N) is 1. The molecule has 0 spiro atoms. The molecule has 0 radical (unpaired) electrons. The minimum Gasteiger partial charge on any atom is -0.324 e. The third kappa shape index (κ3) is 2.52. The van der Waals surface area contributed by atoms with Crippen LogP contribution in [0.25, 0.3) is 10.9 Å². The maximum absolute atomic E-state index is 12.7. The Hall–Kier alpha value is -2.16. The van der Waals surface area contributed by atoms with Crippen molar-refractivity contribution in [3.63, 3.8) is 0 Å². The summed E-state index contributed by atoms with van der Waals surface area (Å²) in [6.45, 7) is 8.47.